The Morgan fingerprint density at radius 2 is 1.81 bits per heavy atom. The van der Waals surface area contributed by atoms with Gasteiger partial charge in [-0.05, 0) is 49.8 Å². The SMILES string of the molecule is CCOc1cc(/C=C(/C#N)C(=O)Nc2nnc(S(C)(=O)=O)s2)ccc1OS(=O)(=O)c1ccc(C)cc1. The maximum atomic E-state index is 12.7. The third kappa shape index (κ3) is 6.66. The molecule has 0 fully saturated rings. The van der Waals surface area contributed by atoms with E-state index in [-0.39, 0.29) is 38.0 Å². The van der Waals surface area contributed by atoms with Gasteiger partial charge in [0.25, 0.3) is 5.91 Å². The Balaban J connectivity index is 1.86. The zero-order valence-corrected chi connectivity index (χ0v) is 21.7. The fraction of sp³-hybridized carbons (Fsp3) is 0.182. The summed E-state index contributed by atoms with van der Waals surface area (Å²) in [5.74, 6) is -0.824. The van der Waals surface area contributed by atoms with Gasteiger partial charge in [-0.15, -0.1) is 10.2 Å². The Labute approximate surface area is 212 Å². The van der Waals surface area contributed by atoms with Crippen LogP contribution in [0.3, 0.4) is 0 Å². The number of nitriles is 1. The van der Waals surface area contributed by atoms with Gasteiger partial charge >= 0.3 is 10.1 Å². The second-order valence-electron chi connectivity index (χ2n) is 7.26. The summed E-state index contributed by atoms with van der Waals surface area (Å²) in [5.41, 5.74) is 0.910. The minimum Gasteiger partial charge on any atom is -0.490 e. The summed E-state index contributed by atoms with van der Waals surface area (Å²) < 4.78 is 58.9. The number of aryl methyl sites for hydroxylation is 1. The number of rotatable bonds is 9. The molecule has 0 atom stereocenters. The number of nitrogens with one attached hydrogen (secondary N) is 1. The van der Waals surface area contributed by atoms with Crippen LogP contribution in [0.4, 0.5) is 5.13 Å². The number of hydrogen-bond donors (Lipinski definition) is 1. The maximum Gasteiger partial charge on any atom is 0.339 e. The van der Waals surface area contributed by atoms with Crippen molar-refractivity contribution in [1.82, 2.24) is 10.2 Å². The lowest BCUT2D eigenvalue weighted by atomic mass is 10.1. The standard InChI is InChI=1S/C22H20N4O7S3/c1-4-32-19-12-15(7-10-18(19)33-36(30,31)17-8-5-14(2)6-9-17)11-16(13-23)20(27)24-21-25-26-22(34-21)35(3,28)29/h5-12H,4H2,1-3H3,(H,24,25,27)/b16-11-. The topological polar surface area (TPSA) is 165 Å². The molecule has 3 rings (SSSR count). The lowest BCUT2D eigenvalue weighted by Gasteiger charge is -2.13. The zero-order chi connectivity index (χ0) is 26.5. The van der Waals surface area contributed by atoms with Crippen molar-refractivity contribution >= 4 is 48.4 Å². The largest absolute Gasteiger partial charge is 0.490 e. The van der Waals surface area contributed by atoms with E-state index in [1.807, 2.05) is 6.92 Å². The molecule has 1 N–H and O–H groups in total. The van der Waals surface area contributed by atoms with Gasteiger partial charge < -0.3 is 8.92 Å². The molecule has 0 saturated heterocycles. The normalized spacial score (nSPS) is 12.0. The van der Waals surface area contributed by atoms with Crippen LogP contribution in [-0.4, -0.2) is 45.8 Å². The van der Waals surface area contributed by atoms with E-state index < -0.39 is 25.9 Å². The number of ether oxygens (including phenoxy) is 1. The first-order valence-electron chi connectivity index (χ1n) is 10.2. The van der Waals surface area contributed by atoms with Gasteiger partial charge in [-0.1, -0.05) is 35.1 Å². The quantitative estimate of drug-likeness (QED) is 0.182. The summed E-state index contributed by atoms with van der Waals surface area (Å²) >= 11 is 0.645. The molecule has 0 bridgehead atoms. The van der Waals surface area contributed by atoms with Gasteiger partial charge in [-0.2, -0.15) is 13.7 Å². The molecule has 3 aromatic rings. The minimum absolute atomic E-state index is 0.0290. The summed E-state index contributed by atoms with van der Waals surface area (Å²) in [6.45, 7) is 3.72. The highest BCUT2D eigenvalue weighted by Crippen LogP contribution is 2.32. The fourth-order valence-electron chi connectivity index (χ4n) is 2.71. The number of hydrogen-bond acceptors (Lipinski definition) is 11. The first kappa shape index (κ1) is 26.8. The van der Waals surface area contributed by atoms with Crippen molar-refractivity contribution in [3.63, 3.8) is 0 Å². The van der Waals surface area contributed by atoms with Crippen LogP contribution in [0.5, 0.6) is 11.5 Å². The van der Waals surface area contributed by atoms with Gasteiger partial charge in [0.15, 0.2) is 11.5 Å². The van der Waals surface area contributed by atoms with E-state index in [0.717, 1.165) is 11.8 Å². The summed E-state index contributed by atoms with van der Waals surface area (Å²) in [7, 11) is -7.73. The highest BCUT2D eigenvalue weighted by Gasteiger charge is 2.20. The number of anilines is 1. The number of nitrogens with zero attached hydrogens (tertiary/aromatic N) is 3. The molecule has 1 heterocycles. The van der Waals surface area contributed by atoms with Crippen LogP contribution in [0.25, 0.3) is 6.08 Å². The van der Waals surface area contributed by atoms with E-state index >= 15 is 0 Å². The molecule has 0 aliphatic rings. The molecule has 0 aliphatic carbocycles. The van der Waals surface area contributed by atoms with E-state index in [1.165, 1.54) is 36.4 Å². The van der Waals surface area contributed by atoms with Gasteiger partial charge in [-0.3, -0.25) is 10.1 Å². The number of benzene rings is 2. The monoisotopic (exact) mass is 548 g/mol. The molecule has 1 aromatic heterocycles. The van der Waals surface area contributed by atoms with Crippen molar-refractivity contribution in [3.05, 3.63) is 59.2 Å². The summed E-state index contributed by atoms with van der Waals surface area (Å²) in [6.07, 6.45) is 2.20. The summed E-state index contributed by atoms with van der Waals surface area (Å²) in [5, 5.41) is 18.8. The van der Waals surface area contributed by atoms with E-state index in [2.05, 4.69) is 15.5 Å². The van der Waals surface area contributed by atoms with Crippen molar-refractivity contribution < 1.29 is 30.6 Å². The van der Waals surface area contributed by atoms with E-state index in [0.29, 0.717) is 16.9 Å². The highest BCUT2D eigenvalue weighted by atomic mass is 32.2. The molecule has 188 valence electrons. The first-order chi connectivity index (χ1) is 16.9. The van der Waals surface area contributed by atoms with Crippen molar-refractivity contribution in [2.24, 2.45) is 0 Å². The Kier molecular flexibility index (Phi) is 8.08. The van der Waals surface area contributed by atoms with Crippen molar-refractivity contribution in [3.8, 4) is 17.6 Å². The number of aromatic nitrogens is 2. The van der Waals surface area contributed by atoms with Gasteiger partial charge in [0.1, 0.15) is 16.5 Å². The maximum absolute atomic E-state index is 12.7. The highest BCUT2D eigenvalue weighted by molar-refractivity contribution is 7.92. The Bertz CT molecular complexity index is 1570. The van der Waals surface area contributed by atoms with Gasteiger partial charge in [0, 0.05) is 6.26 Å². The molecule has 0 saturated carbocycles. The van der Waals surface area contributed by atoms with E-state index in [9.17, 15) is 26.9 Å². The fourth-order valence-corrected chi connectivity index (χ4v) is 5.16. The molecule has 11 nitrogen and oxygen atoms in total. The van der Waals surface area contributed by atoms with Crippen LogP contribution in [-0.2, 0) is 24.7 Å². The average molecular weight is 549 g/mol. The lowest BCUT2D eigenvalue weighted by Crippen LogP contribution is -2.13. The number of carbonyl (C=O) groups is 1. The Morgan fingerprint density at radius 1 is 1.11 bits per heavy atom. The van der Waals surface area contributed by atoms with E-state index in [1.54, 1.807) is 25.1 Å². The predicted molar refractivity (Wildman–Crippen MR) is 132 cm³/mol. The second kappa shape index (κ2) is 10.9. The number of carbonyl (C=O) groups excluding carboxylic acids is 1. The van der Waals surface area contributed by atoms with Crippen LogP contribution in [0, 0.1) is 18.3 Å². The Hall–Kier alpha value is -3.80. The molecule has 14 heteroatoms. The van der Waals surface area contributed by atoms with Crippen LogP contribution in [0.15, 0.2) is 57.3 Å². The van der Waals surface area contributed by atoms with Gasteiger partial charge in [0.2, 0.25) is 19.3 Å². The van der Waals surface area contributed by atoms with Crippen LogP contribution >= 0.6 is 11.3 Å². The lowest BCUT2D eigenvalue weighted by molar-refractivity contribution is -0.112. The minimum atomic E-state index is -4.13. The van der Waals surface area contributed by atoms with Crippen LogP contribution < -0.4 is 14.2 Å². The second-order valence-corrected chi connectivity index (χ2v) is 12.0. The molecule has 0 aliphatic heterocycles. The zero-order valence-electron chi connectivity index (χ0n) is 19.3. The van der Waals surface area contributed by atoms with E-state index in [4.69, 9.17) is 8.92 Å². The average Bonchev–Trinajstić information content (AvgIpc) is 3.28. The third-order valence-corrected chi connectivity index (χ3v) is 8.15. The van der Waals surface area contributed by atoms with Crippen LogP contribution in [0.2, 0.25) is 0 Å². The molecule has 0 unspecified atom stereocenters. The smallest absolute Gasteiger partial charge is 0.339 e. The van der Waals surface area contributed by atoms with Gasteiger partial charge in [0.05, 0.1) is 6.61 Å². The molecule has 36 heavy (non-hydrogen) atoms. The Morgan fingerprint density at radius 3 is 2.39 bits per heavy atom. The predicted octanol–water partition coefficient (Wildman–Crippen LogP) is 2.96. The molecular weight excluding hydrogens is 528 g/mol. The van der Waals surface area contributed by atoms with Crippen LogP contribution in [0.1, 0.15) is 18.1 Å². The molecule has 0 radical (unpaired) electrons. The van der Waals surface area contributed by atoms with Gasteiger partial charge in [-0.25, -0.2) is 8.42 Å². The molecular formula is C22H20N4O7S3. The summed E-state index contributed by atoms with van der Waals surface area (Å²) in [6, 6.07) is 12.1. The number of amides is 1. The van der Waals surface area contributed by atoms with Crippen molar-refractivity contribution in [1.29, 1.82) is 5.26 Å². The summed E-state index contributed by atoms with van der Waals surface area (Å²) in [4.78, 5) is 12.5. The van der Waals surface area contributed by atoms with Crippen molar-refractivity contribution in [2.75, 3.05) is 18.2 Å². The van der Waals surface area contributed by atoms with Crippen molar-refractivity contribution in [2.45, 2.75) is 23.1 Å². The first-order valence-corrected chi connectivity index (χ1v) is 14.3. The molecule has 0 spiro atoms. The molecule has 1 amide bonds. The third-order valence-electron chi connectivity index (χ3n) is 4.40. The number of sulfone groups is 1. The molecule has 2 aromatic carbocycles.